The van der Waals surface area contributed by atoms with Gasteiger partial charge in [0.15, 0.2) is 0 Å². The van der Waals surface area contributed by atoms with Crippen molar-refractivity contribution in [2.75, 3.05) is 30.4 Å². The van der Waals surface area contributed by atoms with Crippen LogP contribution in [0.5, 0.6) is 5.75 Å². The van der Waals surface area contributed by atoms with Crippen molar-refractivity contribution in [2.45, 2.75) is 13.3 Å². The first kappa shape index (κ1) is 17.2. The first-order chi connectivity index (χ1) is 11.2. The van der Waals surface area contributed by atoms with E-state index in [1.165, 1.54) is 0 Å². The van der Waals surface area contributed by atoms with Gasteiger partial charge in [-0.05, 0) is 37.3 Å². The molecule has 0 aliphatic heterocycles. The maximum Gasteiger partial charge on any atom is 0.228 e. The summed E-state index contributed by atoms with van der Waals surface area (Å²) in [5, 5.41) is 3.76. The number of amides is 1. The number of para-hydroxylation sites is 1. The van der Waals surface area contributed by atoms with Crippen molar-refractivity contribution < 1.29 is 9.53 Å². The number of benzene rings is 2. The Morgan fingerprint density at radius 2 is 1.96 bits per heavy atom. The predicted octanol–water partition coefficient (Wildman–Crippen LogP) is 4.20. The average molecular weight is 333 g/mol. The van der Waals surface area contributed by atoms with Gasteiger partial charge in [-0.3, -0.25) is 4.79 Å². The second kappa shape index (κ2) is 8.44. The van der Waals surface area contributed by atoms with Crippen LogP contribution in [-0.4, -0.2) is 26.1 Å². The van der Waals surface area contributed by atoms with Gasteiger partial charge in [0.2, 0.25) is 5.91 Å². The lowest BCUT2D eigenvalue weighted by Crippen LogP contribution is -2.31. The molecule has 0 aromatic heterocycles. The lowest BCUT2D eigenvalue weighted by molar-refractivity contribution is -0.118. The van der Waals surface area contributed by atoms with E-state index in [0.717, 1.165) is 11.4 Å². The molecule has 0 saturated heterocycles. The van der Waals surface area contributed by atoms with Gasteiger partial charge in [0, 0.05) is 30.9 Å². The summed E-state index contributed by atoms with van der Waals surface area (Å²) in [5.41, 5.74) is 1.79. The van der Waals surface area contributed by atoms with E-state index in [-0.39, 0.29) is 5.91 Å². The SMILES string of the molecule is CCN(C(=O)CCNc1ccc(OC)c(Cl)c1)c1ccccc1. The molecule has 0 atom stereocenters. The van der Waals surface area contributed by atoms with E-state index in [4.69, 9.17) is 16.3 Å². The van der Waals surface area contributed by atoms with Crippen LogP contribution in [0.3, 0.4) is 0 Å². The zero-order valence-corrected chi connectivity index (χ0v) is 14.1. The number of carbonyl (C=O) groups excluding carboxylic acids is 1. The zero-order valence-electron chi connectivity index (χ0n) is 13.4. The van der Waals surface area contributed by atoms with Crippen molar-refractivity contribution >= 4 is 28.9 Å². The molecule has 4 nitrogen and oxygen atoms in total. The number of rotatable bonds is 7. The van der Waals surface area contributed by atoms with E-state index in [0.29, 0.717) is 30.3 Å². The van der Waals surface area contributed by atoms with E-state index in [1.54, 1.807) is 24.1 Å². The molecule has 0 heterocycles. The second-order valence-corrected chi connectivity index (χ2v) is 5.41. The van der Waals surface area contributed by atoms with Gasteiger partial charge in [0.05, 0.1) is 12.1 Å². The Labute approximate surface area is 142 Å². The maximum absolute atomic E-state index is 12.4. The van der Waals surface area contributed by atoms with Gasteiger partial charge in [0.25, 0.3) is 0 Å². The summed E-state index contributed by atoms with van der Waals surface area (Å²) in [5.74, 6) is 0.723. The molecule has 0 bridgehead atoms. The van der Waals surface area contributed by atoms with Gasteiger partial charge in [-0.1, -0.05) is 29.8 Å². The molecule has 0 aliphatic carbocycles. The fourth-order valence-electron chi connectivity index (χ4n) is 2.34. The van der Waals surface area contributed by atoms with Crippen LogP contribution < -0.4 is 15.0 Å². The van der Waals surface area contributed by atoms with Crippen LogP contribution >= 0.6 is 11.6 Å². The molecule has 0 unspecified atom stereocenters. The van der Waals surface area contributed by atoms with Crippen molar-refractivity contribution in [3.63, 3.8) is 0 Å². The number of methoxy groups -OCH3 is 1. The summed E-state index contributed by atoms with van der Waals surface area (Å²) in [6, 6.07) is 15.2. The number of halogens is 1. The van der Waals surface area contributed by atoms with E-state index < -0.39 is 0 Å². The van der Waals surface area contributed by atoms with Gasteiger partial charge in [-0.25, -0.2) is 0 Å². The first-order valence-corrected chi connectivity index (χ1v) is 7.96. The molecule has 2 aromatic carbocycles. The summed E-state index contributed by atoms with van der Waals surface area (Å²) < 4.78 is 5.12. The number of anilines is 2. The molecule has 0 fully saturated rings. The first-order valence-electron chi connectivity index (χ1n) is 7.58. The number of hydrogen-bond acceptors (Lipinski definition) is 3. The molecule has 0 aliphatic rings. The van der Waals surface area contributed by atoms with E-state index in [9.17, 15) is 4.79 Å². The van der Waals surface area contributed by atoms with Crippen LogP contribution in [0.15, 0.2) is 48.5 Å². The highest BCUT2D eigenvalue weighted by Gasteiger charge is 2.13. The zero-order chi connectivity index (χ0) is 16.7. The highest BCUT2D eigenvalue weighted by atomic mass is 35.5. The molecule has 2 rings (SSSR count). The summed E-state index contributed by atoms with van der Waals surface area (Å²) in [6.07, 6.45) is 0.409. The quantitative estimate of drug-likeness (QED) is 0.826. The summed E-state index contributed by atoms with van der Waals surface area (Å²) >= 11 is 6.08. The van der Waals surface area contributed by atoms with Crippen molar-refractivity contribution in [1.82, 2.24) is 0 Å². The fourth-order valence-corrected chi connectivity index (χ4v) is 2.59. The maximum atomic E-state index is 12.4. The minimum Gasteiger partial charge on any atom is -0.495 e. The van der Waals surface area contributed by atoms with Gasteiger partial charge >= 0.3 is 0 Å². The number of hydrogen-bond donors (Lipinski definition) is 1. The highest BCUT2D eigenvalue weighted by Crippen LogP contribution is 2.27. The van der Waals surface area contributed by atoms with E-state index in [1.807, 2.05) is 43.3 Å². The molecule has 1 N–H and O–H groups in total. The van der Waals surface area contributed by atoms with Crippen LogP contribution in [0.2, 0.25) is 5.02 Å². The monoisotopic (exact) mass is 332 g/mol. The molecule has 23 heavy (non-hydrogen) atoms. The van der Waals surface area contributed by atoms with Crippen LogP contribution in [-0.2, 0) is 4.79 Å². The van der Waals surface area contributed by atoms with Gasteiger partial charge in [-0.15, -0.1) is 0 Å². The lowest BCUT2D eigenvalue weighted by Gasteiger charge is -2.21. The number of ether oxygens (including phenoxy) is 1. The highest BCUT2D eigenvalue weighted by molar-refractivity contribution is 6.32. The van der Waals surface area contributed by atoms with Crippen LogP contribution in [0.4, 0.5) is 11.4 Å². The fraction of sp³-hybridized carbons (Fsp3) is 0.278. The third kappa shape index (κ3) is 4.63. The van der Waals surface area contributed by atoms with E-state index >= 15 is 0 Å². The Morgan fingerprint density at radius 1 is 1.22 bits per heavy atom. The minimum absolute atomic E-state index is 0.0887. The van der Waals surface area contributed by atoms with Crippen molar-refractivity contribution in [3.8, 4) is 5.75 Å². The Balaban J connectivity index is 1.90. The number of carbonyl (C=O) groups is 1. The summed E-state index contributed by atoms with van der Waals surface area (Å²) in [6.45, 7) is 3.17. The average Bonchev–Trinajstić information content (AvgIpc) is 2.57. The molecule has 2 aromatic rings. The van der Waals surface area contributed by atoms with Crippen LogP contribution in [0, 0.1) is 0 Å². The number of nitrogens with one attached hydrogen (secondary N) is 1. The van der Waals surface area contributed by atoms with Crippen molar-refractivity contribution in [2.24, 2.45) is 0 Å². The standard InChI is InChI=1S/C18H21ClN2O2/c1-3-21(15-7-5-4-6-8-15)18(22)11-12-20-14-9-10-17(23-2)16(19)13-14/h4-10,13,20H,3,11-12H2,1-2H3. The Morgan fingerprint density at radius 3 is 2.57 bits per heavy atom. The van der Waals surface area contributed by atoms with Crippen LogP contribution in [0.25, 0.3) is 0 Å². The molecule has 0 saturated carbocycles. The van der Waals surface area contributed by atoms with Crippen molar-refractivity contribution in [3.05, 3.63) is 53.6 Å². The Bertz CT molecular complexity index is 647. The predicted molar refractivity (Wildman–Crippen MR) is 95.6 cm³/mol. The molecule has 1 amide bonds. The third-order valence-electron chi connectivity index (χ3n) is 3.50. The van der Waals surface area contributed by atoms with Gasteiger partial charge in [-0.2, -0.15) is 0 Å². The smallest absolute Gasteiger partial charge is 0.228 e. The molecular formula is C18H21ClN2O2. The largest absolute Gasteiger partial charge is 0.495 e. The Hall–Kier alpha value is -2.20. The molecule has 0 spiro atoms. The van der Waals surface area contributed by atoms with Gasteiger partial charge < -0.3 is 15.0 Å². The molecule has 0 radical (unpaired) electrons. The third-order valence-corrected chi connectivity index (χ3v) is 3.80. The molecular weight excluding hydrogens is 312 g/mol. The number of nitrogens with zero attached hydrogens (tertiary/aromatic N) is 1. The Kier molecular flexibility index (Phi) is 6.29. The topological polar surface area (TPSA) is 41.6 Å². The summed E-state index contributed by atoms with van der Waals surface area (Å²) in [7, 11) is 1.58. The van der Waals surface area contributed by atoms with E-state index in [2.05, 4.69) is 5.32 Å². The molecule has 122 valence electrons. The van der Waals surface area contributed by atoms with Crippen molar-refractivity contribution in [1.29, 1.82) is 0 Å². The normalized spacial score (nSPS) is 10.2. The lowest BCUT2D eigenvalue weighted by atomic mass is 10.2. The van der Waals surface area contributed by atoms with Gasteiger partial charge in [0.1, 0.15) is 5.75 Å². The summed E-state index contributed by atoms with van der Waals surface area (Å²) in [4.78, 5) is 14.2. The van der Waals surface area contributed by atoms with Crippen LogP contribution in [0.1, 0.15) is 13.3 Å². The second-order valence-electron chi connectivity index (χ2n) is 5.00. The molecule has 5 heteroatoms. The minimum atomic E-state index is 0.0887.